The molecule has 0 atom stereocenters. The monoisotopic (exact) mass is 126 g/mol. The van der Waals surface area contributed by atoms with Crippen molar-refractivity contribution in [2.45, 2.75) is 20.3 Å². The molecule has 52 valence electrons. The highest BCUT2D eigenvalue weighted by Crippen LogP contribution is 1.73. The Morgan fingerprint density at radius 3 is 2.78 bits per heavy atom. The first-order valence-corrected chi connectivity index (χ1v) is 3.31. The maximum atomic E-state index is 3.96. The molecule has 9 heavy (non-hydrogen) atoms. The van der Waals surface area contributed by atoms with Crippen LogP contribution < -0.4 is 5.32 Å². The Bertz CT molecular complexity index is 83.1. The van der Waals surface area contributed by atoms with E-state index in [9.17, 15) is 0 Å². The van der Waals surface area contributed by atoms with Gasteiger partial charge in [-0.2, -0.15) is 0 Å². The number of rotatable bonds is 4. The molecule has 0 saturated carbocycles. The maximum Gasteiger partial charge on any atom is 0.0863 e. The molecular weight excluding hydrogens is 112 g/mol. The van der Waals surface area contributed by atoms with Gasteiger partial charge in [0.25, 0.3) is 0 Å². The Morgan fingerprint density at radius 2 is 2.22 bits per heavy atom. The van der Waals surface area contributed by atoms with E-state index in [1.54, 1.807) is 6.34 Å². The van der Waals surface area contributed by atoms with E-state index in [1.165, 1.54) is 0 Å². The van der Waals surface area contributed by atoms with Gasteiger partial charge in [-0.3, -0.25) is 4.99 Å². The van der Waals surface area contributed by atoms with Crippen LogP contribution in [-0.4, -0.2) is 12.9 Å². The molecule has 0 aliphatic rings. The number of hydrogen-bond donors (Lipinski definition) is 1. The van der Waals surface area contributed by atoms with Crippen LogP contribution in [0.2, 0.25) is 0 Å². The van der Waals surface area contributed by atoms with Crippen LogP contribution in [0.3, 0.4) is 0 Å². The zero-order valence-corrected chi connectivity index (χ0v) is 6.09. The standard InChI is InChI=1S/C7H14N2/c1-3-5-6-9-7-8-4-2/h5-7H,3-4H2,1-2H3,(H,8,9). The average molecular weight is 126 g/mol. The predicted octanol–water partition coefficient (Wildman–Crippen LogP) is 1.55. The highest BCUT2D eigenvalue weighted by Gasteiger charge is 1.64. The van der Waals surface area contributed by atoms with Crippen molar-refractivity contribution in [2.24, 2.45) is 4.99 Å². The first kappa shape index (κ1) is 8.21. The van der Waals surface area contributed by atoms with Crippen molar-refractivity contribution in [3.63, 3.8) is 0 Å². The molecule has 0 unspecified atom stereocenters. The van der Waals surface area contributed by atoms with E-state index in [2.05, 4.69) is 17.2 Å². The van der Waals surface area contributed by atoms with Crippen molar-refractivity contribution in [2.75, 3.05) is 6.54 Å². The quantitative estimate of drug-likeness (QED) is 0.448. The summed E-state index contributed by atoms with van der Waals surface area (Å²) in [5.74, 6) is 0. The van der Waals surface area contributed by atoms with E-state index in [-0.39, 0.29) is 0 Å². The molecule has 0 aromatic heterocycles. The van der Waals surface area contributed by atoms with Crippen molar-refractivity contribution < 1.29 is 0 Å². The first-order valence-electron chi connectivity index (χ1n) is 3.31. The lowest BCUT2D eigenvalue weighted by Gasteiger charge is -1.85. The smallest absolute Gasteiger partial charge is 0.0863 e. The van der Waals surface area contributed by atoms with Crippen LogP contribution in [0, 0.1) is 0 Å². The fourth-order valence-electron chi connectivity index (χ4n) is 0.373. The molecule has 0 bridgehead atoms. The molecule has 2 heteroatoms. The largest absolute Gasteiger partial charge is 0.353 e. The Morgan fingerprint density at radius 1 is 1.44 bits per heavy atom. The van der Waals surface area contributed by atoms with Gasteiger partial charge in [-0.05, 0) is 19.5 Å². The summed E-state index contributed by atoms with van der Waals surface area (Å²) in [6, 6.07) is 0. The van der Waals surface area contributed by atoms with E-state index in [4.69, 9.17) is 0 Å². The van der Waals surface area contributed by atoms with Crippen molar-refractivity contribution in [1.82, 2.24) is 5.32 Å². The van der Waals surface area contributed by atoms with Gasteiger partial charge >= 0.3 is 0 Å². The topological polar surface area (TPSA) is 24.4 Å². The highest BCUT2D eigenvalue weighted by atomic mass is 14.9. The summed E-state index contributed by atoms with van der Waals surface area (Å²) in [6.07, 6.45) is 6.69. The van der Waals surface area contributed by atoms with Gasteiger partial charge < -0.3 is 5.32 Å². The summed E-state index contributed by atoms with van der Waals surface area (Å²) >= 11 is 0. The van der Waals surface area contributed by atoms with Gasteiger partial charge in [0.05, 0.1) is 6.34 Å². The molecule has 0 aromatic carbocycles. The molecule has 0 heterocycles. The van der Waals surface area contributed by atoms with E-state index >= 15 is 0 Å². The predicted molar refractivity (Wildman–Crippen MR) is 41.6 cm³/mol. The number of nitrogens with zero attached hydrogens (tertiary/aromatic N) is 1. The molecule has 0 aromatic rings. The molecule has 0 amide bonds. The summed E-state index contributed by atoms with van der Waals surface area (Å²) < 4.78 is 0. The summed E-state index contributed by atoms with van der Waals surface area (Å²) in [6.45, 7) is 4.93. The van der Waals surface area contributed by atoms with Crippen molar-refractivity contribution in [3.8, 4) is 0 Å². The lowest BCUT2D eigenvalue weighted by Crippen LogP contribution is -1.99. The molecule has 2 nitrogen and oxygen atoms in total. The Hall–Kier alpha value is -0.790. The SMILES string of the molecule is CCC=CNC=NCC. The molecule has 0 fully saturated rings. The van der Waals surface area contributed by atoms with Gasteiger partial charge in [0.2, 0.25) is 0 Å². The molecule has 0 aliphatic heterocycles. The van der Waals surface area contributed by atoms with Gasteiger partial charge in [0.15, 0.2) is 0 Å². The van der Waals surface area contributed by atoms with Gasteiger partial charge in [0, 0.05) is 6.54 Å². The lowest BCUT2D eigenvalue weighted by atomic mass is 10.5. The first-order chi connectivity index (χ1) is 4.41. The fraction of sp³-hybridized carbons (Fsp3) is 0.571. The van der Waals surface area contributed by atoms with Gasteiger partial charge in [-0.1, -0.05) is 13.0 Å². The van der Waals surface area contributed by atoms with Crippen LogP contribution in [0.5, 0.6) is 0 Å². The Labute approximate surface area is 56.7 Å². The van der Waals surface area contributed by atoms with Crippen LogP contribution in [0.4, 0.5) is 0 Å². The number of nitrogens with one attached hydrogen (secondary N) is 1. The maximum absolute atomic E-state index is 3.96. The summed E-state index contributed by atoms with van der Waals surface area (Å²) in [5, 5.41) is 2.92. The third-order valence-corrected chi connectivity index (χ3v) is 0.798. The second kappa shape index (κ2) is 7.21. The second-order valence-corrected chi connectivity index (χ2v) is 1.61. The van der Waals surface area contributed by atoms with Crippen LogP contribution in [0.15, 0.2) is 17.3 Å². The van der Waals surface area contributed by atoms with Crippen LogP contribution in [0.1, 0.15) is 20.3 Å². The lowest BCUT2D eigenvalue weighted by molar-refractivity contribution is 1.11. The van der Waals surface area contributed by atoms with Crippen LogP contribution in [0.25, 0.3) is 0 Å². The number of aliphatic imine (C=N–C) groups is 1. The minimum absolute atomic E-state index is 0.840. The zero-order valence-electron chi connectivity index (χ0n) is 6.09. The minimum atomic E-state index is 0.840. The average Bonchev–Trinajstić information content (AvgIpc) is 1.89. The van der Waals surface area contributed by atoms with E-state index in [1.807, 2.05) is 19.2 Å². The van der Waals surface area contributed by atoms with Crippen molar-refractivity contribution in [3.05, 3.63) is 12.3 Å². The van der Waals surface area contributed by atoms with E-state index in [0.29, 0.717) is 0 Å². The molecule has 0 saturated heterocycles. The summed E-state index contributed by atoms with van der Waals surface area (Å²) in [4.78, 5) is 3.96. The van der Waals surface area contributed by atoms with Crippen LogP contribution >= 0.6 is 0 Å². The van der Waals surface area contributed by atoms with Gasteiger partial charge in [0.1, 0.15) is 0 Å². The summed E-state index contributed by atoms with van der Waals surface area (Å²) in [7, 11) is 0. The molecule has 0 aliphatic carbocycles. The molecule has 0 spiro atoms. The molecular formula is C7H14N2. The Kier molecular flexibility index (Phi) is 6.58. The third-order valence-electron chi connectivity index (χ3n) is 0.798. The third kappa shape index (κ3) is 7.21. The Balaban J connectivity index is 3.08. The van der Waals surface area contributed by atoms with E-state index in [0.717, 1.165) is 13.0 Å². The molecule has 0 radical (unpaired) electrons. The summed E-state index contributed by atoms with van der Waals surface area (Å²) in [5.41, 5.74) is 0. The van der Waals surface area contributed by atoms with Crippen molar-refractivity contribution in [1.29, 1.82) is 0 Å². The van der Waals surface area contributed by atoms with Gasteiger partial charge in [-0.25, -0.2) is 0 Å². The van der Waals surface area contributed by atoms with Crippen molar-refractivity contribution >= 4 is 6.34 Å². The fourth-order valence-corrected chi connectivity index (χ4v) is 0.373. The zero-order chi connectivity index (χ0) is 6.95. The number of hydrogen-bond acceptors (Lipinski definition) is 1. The second-order valence-electron chi connectivity index (χ2n) is 1.61. The molecule has 1 N–H and O–H groups in total. The highest BCUT2D eigenvalue weighted by molar-refractivity contribution is 5.55. The van der Waals surface area contributed by atoms with E-state index < -0.39 is 0 Å². The molecule has 0 rings (SSSR count). The van der Waals surface area contributed by atoms with Crippen LogP contribution in [-0.2, 0) is 0 Å². The normalized spacial score (nSPS) is 11.3. The number of allylic oxidation sites excluding steroid dienone is 1. The van der Waals surface area contributed by atoms with Gasteiger partial charge in [-0.15, -0.1) is 0 Å². The minimum Gasteiger partial charge on any atom is -0.353 e.